The molecular formula is C19H25N5O2. The molecule has 0 bridgehead atoms. The summed E-state index contributed by atoms with van der Waals surface area (Å²) in [6.45, 7) is 9.12. The summed E-state index contributed by atoms with van der Waals surface area (Å²) in [7, 11) is 1.38. The molecule has 0 unspecified atom stereocenters. The van der Waals surface area contributed by atoms with Gasteiger partial charge in [-0.15, -0.1) is 0 Å². The highest BCUT2D eigenvalue weighted by molar-refractivity contribution is 5.90. The summed E-state index contributed by atoms with van der Waals surface area (Å²) in [5, 5.41) is 3.27. The maximum atomic E-state index is 11.7. The van der Waals surface area contributed by atoms with Crippen LogP contribution in [0.5, 0.6) is 0 Å². The molecule has 0 aliphatic carbocycles. The normalized spacial score (nSPS) is 15.0. The molecule has 7 heteroatoms. The molecule has 26 heavy (non-hydrogen) atoms. The van der Waals surface area contributed by atoms with Gasteiger partial charge in [-0.2, -0.15) is 4.98 Å². The average molecular weight is 355 g/mol. The standard InChI is InChI=1S/C19H25N5O2/c1-4-23-8-10-24(11-9-23)19-20-14(2)12-17(22-19)21-16-7-5-6-15(13-16)18(25)26-3/h5-7,12-13H,4,8-11H2,1-3H3,(H,20,21,22). The van der Waals surface area contributed by atoms with E-state index in [1.165, 1.54) is 7.11 Å². The van der Waals surface area contributed by atoms with E-state index >= 15 is 0 Å². The van der Waals surface area contributed by atoms with E-state index in [-0.39, 0.29) is 5.97 Å². The first-order chi connectivity index (χ1) is 12.6. The van der Waals surface area contributed by atoms with E-state index in [2.05, 4.69) is 32.0 Å². The number of nitrogens with zero attached hydrogens (tertiary/aromatic N) is 4. The highest BCUT2D eigenvalue weighted by Gasteiger charge is 2.18. The van der Waals surface area contributed by atoms with Crippen LogP contribution >= 0.6 is 0 Å². The highest BCUT2D eigenvalue weighted by Crippen LogP contribution is 2.20. The van der Waals surface area contributed by atoms with Crippen LogP contribution in [-0.2, 0) is 4.74 Å². The van der Waals surface area contributed by atoms with Crippen LogP contribution in [0.4, 0.5) is 17.5 Å². The maximum absolute atomic E-state index is 11.7. The van der Waals surface area contributed by atoms with Crippen molar-refractivity contribution in [3.05, 3.63) is 41.6 Å². The first-order valence-electron chi connectivity index (χ1n) is 8.87. The monoisotopic (exact) mass is 355 g/mol. The number of hydrogen-bond donors (Lipinski definition) is 1. The SMILES string of the molecule is CCN1CCN(c2nc(C)cc(Nc3cccc(C(=O)OC)c3)n2)CC1. The van der Waals surface area contributed by atoms with Gasteiger partial charge in [-0.25, -0.2) is 9.78 Å². The zero-order valence-corrected chi connectivity index (χ0v) is 15.5. The van der Waals surface area contributed by atoms with E-state index in [0.717, 1.165) is 50.1 Å². The Kier molecular flexibility index (Phi) is 5.68. The lowest BCUT2D eigenvalue weighted by Crippen LogP contribution is -2.46. The van der Waals surface area contributed by atoms with Gasteiger partial charge >= 0.3 is 5.97 Å². The van der Waals surface area contributed by atoms with E-state index in [1.807, 2.05) is 25.1 Å². The molecule has 138 valence electrons. The Labute approximate surface area is 154 Å². The number of anilines is 3. The van der Waals surface area contributed by atoms with E-state index in [4.69, 9.17) is 4.74 Å². The Hall–Kier alpha value is -2.67. The van der Waals surface area contributed by atoms with Crippen molar-refractivity contribution < 1.29 is 9.53 Å². The predicted molar refractivity (Wildman–Crippen MR) is 102 cm³/mol. The highest BCUT2D eigenvalue weighted by atomic mass is 16.5. The molecule has 0 atom stereocenters. The number of carbonyl (C=O) groups excluding carboxylic acids is 1. The zero-order chi connectivity index (χ0) is 18.5. The van der Waals surface area contributed by atoms with Gasteiger partial charge in [-0.3, -0.25) is 0 Å². The number of esters is 1. The minimum atomic E-state index is -0.359. The molecule has 0 saturated carbocycles. The second-order valence-electron chi connectivity index (χ2n) is 6.31. The van der Waals surface area contributed by atoms with Crippen molar-refractivity contribution in [2.24, 2.45) is 0 Å². The first kappa shape index (κ1) is 18.1. The summed E-state index contributed by atoms with van der Waals surface area (Å²) in [6.07, 6.45) is 0. The number of likely N-dealkylation sites (N-methyl/N-ethyl adjacent to an activating group) is 1. The van der Waals surface area contributed by atoms with Crippen molar-refractivity contribution in [1.29, 1.82) is 0 Å². The average Bonchev–Trinajstić information content (AvgIpc) is 2.67. The minimum absolute atomic E-state index is 0.359. The number of piperazine rings is 1. The number of benzene rings is 1. The number of nitrogens with one attached hydrogen (secondary N) is 1. The lowest BCUT2D eigenvalue weighted by atomic mass is 10.2. The van der Waals surface area contributed by atoms with Gasteiger partial charge in [0.2, 0.25) is 5.95 Å². The Morgan fingerprint density at radius 2 is 1.96 bits per heavy atom. The third-order valence-electron chi connectivity index (χ3n) is 4.50. The van der Waals surface area contributed by atoms with Gasteiger partial charge in [0.05, 0.1) is 12.7 Å². The summed E-state index contributed by atoms with van der Waals surface area (Å²) in [6, 6.07) is 9.08. The van der Waals surface area contributed by atoms with Gasteiger partial charge in [0, 0.05) is 43.6 Å². The molecule has 0 radical (unpaired) electrons. The molecule has 0 amide bonds. The Balaban J connectivity index is 1.77. The molecule has 7 nitrogen and oxygen atoms in total. The molecule has 1 fully saturated rings. The number of aryl methyl sites for hydroxylation is 1. The number of methoxy groups -OCH3 is 1. The van der Waals surface area contributed by atoms with Crippen LogP contribution in [-0.4, -0.2) is 60.7 Å². The number of hydrogen-bond acceptors (Lipinski definition) is 7. The van der Waals surface area contributed by atoms with Crippen LogP contribution in [0.1, 0.15) is 23.0 Å². The Morgan fingerprint density at radius 3 is 2.65 bits per heavy atom. The Bertz CT molecular complexity index is 772. The van der Waals surface area contributed by atoms with Crippen molar-refractivity contribution in [2.75, 3.05) is 50.1 Å². The third kappa shape index (κ3) is 4.29. The number of aromatic nitrogens is 2. The van der Waals surface area contributed by atoms with Gasteiger partial charge in [0.25, 0.3) is 0 Å². The molecular weight excluding hydrogens is 330 g/mol. The van der Waals surface area contributed by atoms with Gasteiger partial charge in [0.1, 0.15) is 5.82 Å². The fourth-order valence-corrected chi connectivity index (χ4v) is 3.01. The van der Waals surface area contributed by atoms with Crippen molar-refractivity contribution in [2.45, 2.75) is 13.8 Å². The van der Waals surface area contributed by atoms with Crippen LogP contribution < -0.4 is 10.2 Å². The molecule has 1 aliphatic heterocycles. The number of carbonyl (C=O) groups is 1. The fraction of sp³-hybridized carbons (Fsp3) is 0.421. The quantitative estimate of drug-likeness (QED) is 0.826. The van der Waals surface area contributed by atoms with Crippen LogP contribution in [0.25, 0.3) is 0 Å². The van der Waals surface area contributed by atoms with Crippen molar-refractivity contribution in [1.82, 2.24) is 14.9 Å². The van der Waals surface area contributed by atoms with E-state index in [0.29, 0.717) is 11.4 Å². The predicted octanol–water partition coefficient (Wildman–Crippen LogP) is 2.46. The fourth-order valence-electron chi connectivity index (χ4n) is 3.01. The topological polar surface area (TPSA) is 70.6 Å². The maximum Gasteiger partial charge on any atom is 0.337 e. The van der Waals surface area contributed by atoms with Gasteiger partial charge in [0.15, 0.2) is 0 Å². The second kappa shape index (κ2) is 8.14. The van der Waals surface area contributed by atoms with Crippen molar-refractivity contribution >= 4 is 23.4 Å². The van der Waals surface area contributed by atoms with Crippen LogP contribution in [0.15, 0.2) is 30.3 Å². The van der Waals surface area contributed by atoms with E-state index < -0.39 is 0 Å². The van der Waals surface area contributed by atoms with Gasteiger partial charge < -0.3 is 19.9 Å². The molecule has 1 aromatic heterocycles. The number of ether oxygens (including phenoxy) is 1. The summed E-state index contributed by atoms with van der Waals surface area (Å²) < 4.78 is 4.77. The molecule has 1 N–H and O–H groups in total. The largest absolute Gasteiger partial charge is 0.465 e. The van der Waals surface area contributed by atoms with Crippen molar-refractivity contribution in [3.8, 4) is 0 Å². The molecule has 1 aromatic carbocycles. The summed E-state index contributed by atoms with van der Waals surface area (Å²) in [4.78, 5) is 25.6. The third-order valence-corrected chi connectivity index (χ3v) is 4.50. The molecule has 2 heterocycles. The Morgan fingerprint density at radius 1 is 1.19 bits per heavy atom. The van der Waals surface area contributed by atoms with Crippen LogP contribution in [0.2, 0.25) is 0 Å². The summed E-state index contributed by atoms with van der Waals surface area (Å²) >= 11 is 0. The lowest BCUT2D eigenvalue weighted by molar-refractivity contribution is 0.0601. The minimum Gasteiger partial charge on any atom is -0.465 e. The molecule has 1 aliphatic rings. The molecule has 1 saturated heterocycles. The molecule has 2 aromatic rings. The molecule has 0 spiro atoms. The number of rotatable bonds is 5. The summed E-state index contributed by atoms with van der Waals surface area (Å²) in [5.74, 6) is 1.10. The van der Waals surface area contributed by atoms with E-state index in [9.17, 15) is 4.79 Å². The zero-order valence-electron chi connectivity index (χ0n) is 15.5. The summed E-state index contributed by atoms with van der Waals surface area (Å²) in [5.41, 5.74) is 2.19. The van der Waals surface area contributed by atoms with Crippen LogP contribution in [0, 0.1) is 6.92 Å². The smallest absolute Gasteiger partial charge is 0.337 e. The van der Waals surface area contributed by atoms with Crippen molar-refractivity contribution in [3.63, 3.8) is 0 Å². The second-order valence-corrected chi connectivity index (χ2v) is 6.31. The lowest BCUT2D eigenvalue weighted by Gasteiger charge is -2.34. The first-order valence-corrected chi connectivity index (χ1v) is 8.87. The van der Waals surface area contributed by atoms with E-state index in [1.54, 1.807) is 12.1 Å². The van der Waals surface area contributed by atoms with Crippen LogP contribution in [0.3, 0.4) is 0 Å². The molecule has 3 rings (SSSR count). The van der Waals surface area contributed by atoms with Gasteiger partial charge in [-0.05, 0) is 31.7 Å². The van der Waals surface area contributed by atoms with Gasteiger partial charge in [-0.1, -0.05) is 13.0 Å².